The zero-order valence-electron chi connectivity index (χ0n) is 16.2. The second kappa shape index (κ2) is 14.2. The lowest BCUT2D eigenvalue weighted by Gasteiger charge is -2.07. The molecule has 1 N–H and O–H groups in total. The molecule has 146 valence electrons. The fraction of sp³-hybridized carbons (Fsp3) is 0.619. The molecular weight excluding hydrogens is 330 g/mol. The van der Waals surface area contributed by atoms with Gasteiger partial charge in [0.25, 0.3) is 0 Å². The van der Waals surface area contributed by atoms with Crippen LogP contribution in [0.3, 0.4) is 0 Å². The average Bonchev–Trinajstić information content (AvgIpc) is 2.66. The number of rotatable bonds is 13. The predicted molar refractivity (Wildman–Crippen MR) is 104 cm³/mol. The first-order valence-corrected chi connectivity index (χ1v) is 9.81. The number of hydrogen-bond acceptors (Lipinski definition) is 4. The minimum absolute atomic E-state index is 0.401. The maximum Gasteiger partial charge on any atom is 0.412 e. The number of ether oxygens (including phenoxy) is 2. The maximum absolute atomic E-state index is 11.7. The zero-order valence-corrected chi connectivity index (χ0v) is 16.2. The molecule has 5 nitrogen and oxygen atoms in total. The standard InChI is InChI=1S/C21H33NO4/c1-3-4-5-6-7-8-9-10-11-12-17-22-21(24)26-19-15-13-18(14-16-19)20(23)25-2/h13-16H,3-12,17H2,1-2H3,(H,22,24). The van der Waals surface area contributed by atoms with E-state index in [1.807, 2.05) is 0 Å². The molecule has 0 heterocycles. The number of unbranched alkanes of at least 4 members (excludes halogenated alkanes) is 9. The summed E-state index contributed by atoms with van der Waals surface area (Å²) in [7, 11) is 1.33. The molecule has 0 fully saturated rings. The van der Waals surface area contributed by atoms with E-state index in [2.05, 4.69) is 17.0 Å². The Balaban J connectivity index is 2.02. The highest BCUT2D eigenvalue weighted by Crippen LogP contribution is 2.13. The van der Waals surface area contributed by atoms with Crippen LogP contribution in [0.4, 0.5) is 4.79 Å². The highest BCUT2D eigenvalue weighted by molar-refractivity contribution is 5.89. The van der Waals surface area contributed by atoms with Crippen LogP contribution < -0.4 is 10.1 Å². The van der Waals surface area contributed by atoms with E-state index in [1.165, 1.54) is 58.5 Å². The van der Waals surface area contributed by atoms with Gasteiger partial charge in [-0.05, 0) is 30.7 Å². The van der Waals surface area contributed by atoms with E-state index in [0.717, 1.165) is 12.8 Å². The van der Waals surface area contributed by atoms with Crippen molar-refractivity contribution in [1.82, 2.24) is 5.32 Å². The van der Waals surface area contributed by atoms with Crippen LogP contribution in [0.1, 0.15) is 81.5 Å². The first-order valence-electron chi connectivity index (χ1n) is 9.81. The van der Waals surface area contributed by atoms with Crippen molar-refractivity contribution in [2.24, 2.45) is 0 Å². The number of hydrogen-bond donors (Lipinski definition) is 1. The molecule has 0 unspecified atom stereocenters. The summed E-state index contributed by atoms with van der Waals surface area (Å²) in [4.78, 5) is 23.1. The quantitative estimate of drug-likeness (QED) is 0.372. The molecule has 0 saturated carbocycles. The molecule has 5 heteroatoms. The van der Waals surface area contributed by atoms with Gasteiger partial charge in [0.05, 0.1) is 12.7 Å². The molecule has 1 amide bonds. The molecule has 1 aromatic carbocycles. The van der Waals surface area contributed by atoms with Crippen LogP contribution >= 0.6 is 0 Å². The van der Waals surface area contributed by atoms with Gasteiger partial charge in [0, 0.05) is 6.54 Å². The van der Waals surface area contributed by atoms with Crippen molar-refractivity contribution in [2.45, 2.75) is 71.1 Å². The molecule has 0 aliphatic rings. The monoisotopic (exact) mass is 363 g/mol. The van der Waals surface area contributed by atoms with Gasteiger partial charge in [-0.1, -0.05) is 64.7 Å². The van der Waals surface area contributed by atoms with Crippen molar-refractivity contribution in [2.75, 3.05) is 13.7 Å². The van der Waals surface area contributed by atoms with Crippen molar-refractivity contribution < 1.29 is 19.1 Å². The smallest absolute Gasteiger partial charge is 0.412 e. The first kappa shape index (κ1) is 22.0. The van der Waals surface area contributed by atoms with Gasteiger partial charge in [0.2, 0.25) is 0 Å². The Hall–Kier alpha value is -2.04. The Bertz CT molecular complexity index is 513. The number of esters is 1. The van der Waals surface area contributed by atoms with E-state index in [4.69, 9.17) is 4.74 Å². The second-order valence-corrected chi connectivity index (χ2v) is 6.51. The normalized spacial score (nSPS) is 10.4. The first-order chi connectivity index (χ1) is 12.7. The molecule has 0 bridgehead atoms. The number of carbonyl (C=O) groups excluding carboxylic acids is 2. The average molecular weight is 363 g/mol. The summed E-state index contributed by atoms with van der Waals surface area (Å²) in [6.45, 7) is 2.86. The van der Waals surface area contributed by atoms with Crippen LogP contribution in [0.25, 0.3) is 0 Å². The zero-order chi connectivity index (χ0) is 19.0. The summed E-state index contributed by atoms with van der Waals surface area (Å²) < 4.78 is 9.79. The van der Waals surface area contributed by atoms with E-state index in [0.29, 0.717) is 17.9 Å². The third kappa shape index (κ3) is 10.1. The van der Waals surface area contributed by atoms with E-state index in [9.17, 15) is 9.59 Å². The fourth-order valence-corrected chi connectivity index (χ4v) is 2.72. The van der Waals surface area contributed by atoms with Crippen molar-refractivity contribution in [1.29, 1.82) is 0 Å². The molecule has 0 radical (unpaired) electrons. The van der Waals surface area contributed by atoms with Crippen LogP contribution in [0.2, 0.25) is 0 Å². The van der Waals surface area contributed by atoms with Crippen molar-refractivity contribution in [3.63, 3.8) is 0 Å². The van der Waals surface area contributed by atoms with E-state index in [1.54, 1.807) is 24.3 Å². The lowest BCUT2D eigenvalue weighted by atomic mass is 10.1. The Kier molecular flexibility index (Phi) is 12.0. The SMILES string of the molecule is CCCCCCCCCCCCNC(=O)Oc1ccc(C(=O)OC)cc1. The third-order valence-electron chi connectivity index (χ3n) is 4.29. The third-order valence-corrected chi connectivity index (χ3v) is 4.29. The summed E-state index contributed by atoms with van der Waals surface area (Å²) in [5.74, 6) is -0.0137. The van der Waals surface area contributed by atoms with Crippen LogP contribution in [0.5, 0.6) is 5.75 Å². The van der Waals surface area contributed by atoms with Crippen molar-refractivity contribution >= 4 is 12.1 Å². The summed E-state index contributed by atoms with van der Waals surface area (Å²) in [6, 6.07) is 6.28. The lowest BCUT2D eigenvalue weighted by molar-refractivity contribution is 0.0600. The topological polar surface area (TPSA) is 64.6 Å². The highest BCUT2D eigenvalue weighted by Gasteiger charge is 2.07. The second-order valence-electron chi connectivity index (χ2n) is 6.51. The number of amides is 1. The van der Waals surface area contributed by atoms with Gasteiger partial charge in [0.15, 0.2) is 0 Å². The van der Waals surface area contributed by atoms with Gasteiger partial charge < -0.3 is 14.8 Å². The Morgan fingerprint density at radius 2 is 1.38 bits per heavy atom. The van der Waals surface area contributed by atoms with Crippen LogP contribution in [-0.2, 0) is 4.74 Å². The van der Waals surface area contributed by atoms with Gasteiger partial charge in [0.1, 0.15) is 5.75 Å². The minimum atomic E-state index is -0.466. The highest BCUT2D eigenvalue weighted by atomic mass is 16.6. The summed E-state index contributed by atoms with van der Waals surface area (Å²) in [6.07, 6.45) is 12.2. The van der Waals surface area contributed by atoms with E-state index < -0.39 is 12.1 Å². The van der Waals surface area contributed by atoms with Gasteiger partial charge in [-0.2, -0.15) is 0 Å². The molecule has 1 rings (SSSR count). The molecule has 0 aliphatic heterocycles. The maximum atomic E-state index is 11.7. The lowest BCUT2D eigenvalue weighted by Crippen LogP contribution is -2.27. The number of nitrogens with one attached hydrogen (secondary N) is 1. The predicted octanol–water partition coefficient (Wildman–Crippen LogP) is 5.48. The summed E-state index contributed by atoms with van der Waals surface area (Å²) in [5, 5.41) is 2.75. The molecule has 0 aromatic heterocycles. The number of methoxy groups -OCH3 is 1. The van der Waals surface area contributed by atoms with Crippen molar-refractivity contribution in [3.05, 3.63) is 29.8 Å². The molecule has 0 spiro atoms. The van der Waals surface area contributed by atoms with Crippen LogP contribution in [0, 0.1) is 0 Å². The van der Waals surface area contributed by atoms with E-state index in [-0.39, 0.29) is 0 Å². The molecule has 0 aliphatic carbocycles. The minimum Gasteiger partial charge on any atom is -0.465 e. The van der Waals surface area contributed by atoms with E-state index >= 15 is 0 Å². The molecular formula is C21H33NO4. The molecule has 26 heavy (non-hydrogen) atoms. The van der Waals surface area contributed by atoms with Crippen molar-refractivity contribution in [3.8, 4) is 5.75 Å². The molecule has 1 aromatic rings. The van der Waals surface area contributed by atoms with Gasteiger partial charge in [-0.15, -0.1) is 0 Å². The molecule has 0 atom stereocenters. The summed E-state index contributed by atoms with van der Waals surface area (Å²) >= 11 is 0. The van der Waals surface area contributed by atoms with Gasteiger partial charge in [-0.3, -0.25) is 0 Å². The molecule has 0 saturated heterocycles. The summed E-state index contributed by atoms with van der Waals surface area (Å²) in [5.41, 5.74) is 0.422. The Morgan fingerprint density at radius 3 is 1.92 bits per heavy atom. The van der Waals surface area contributed by atoms with Gasteiger partial charge >= 0.3 is 12.1 Å². The number of carbonyl (C=O) groups is 2. The largest absolute Gasteiger partial charge is 0.465 e. The Morgan fingerprint density at radius 1 is 0.846 bits per heavy atom. The fourth-order valence-electron chi connectivity index (χ4n) is 2.72. The van der Waals surface area contributed by atoms with Gasteiger partial charge in [-0.25, -0.2) is 9.59 Å². The Labute approximate surface area is 157 Å². The van der Waals surface area contributed by atoms with Crippen LogP contribution in [0.15, 0.2) is 24.3 Å². The number of benzene rings is 1. The van der Waals surface area contributed by atoms with Crippen LogP contribution in [-0.4, -0.2) is 25.7 Å².